The van der Waals surface area contributed by atoms with Crippen molar-refractivity contribution in [3.05, 3.63) is 54.0 Å². The van der Waals surface area contributed by atoms with Gasteiger partial charge >= 0.3 is 0 Å². The van der Waals surface area contributed by atoms with Crippen LogP contribution < -0.4 is 9.62 Å². The molecule has 0 bridgehead atoms. The second-order valence-corrected chi connectivity index (χ2v) is 7.14. The van der Waals surface area contributed by atoms with Crippen LogP contribution in [0.2, 0.25) is 0 Å². The number of hydrogen-bond acceptors (Lipinski definition) is 5. The van der Waals surface area contributed by atoms with Gasteiger partial charge in [0.15, 0.2) is 0 Å². The van der Waals surface area contributed by atoms with Crippen LogP contribution in [-0.4, -0.2) is 27.1 Å². The van der Waals surface area contributed by atoms with E-state index in [1.54, 1.807) is 31.2 Å². The fraction of sp³-hybridized carbons (Fsp3) is 0.250. The minimum Gasteiger partial charge on any atom is -0.467 e. The molecule has 1 amide bonds. The molecular formula is C16H17N3O4S. The van der Waals surface area contributed by atoms with E-state index < -0.39 is 22.5 Å². The van der Waals surface area contributed by atoms with Gasteiger partial charge in [-0.15, -0.1) is 0 Å². The van der Waals surface area contributed by atoms with Gasteiger partial charge in [-0.05, 0) is 37.3 Å². The van der Waals surface area contributed by atoms with Gasteiger partial charge < -0.3 is 9.73 Å². The number of nitrogens with zero attached hydrogens (tertiary/aromatic N) is 2. The molecule has 1 atom stereocenters. The number of sulfonamides is 1. The molecule has 1 unspecified atom stereocenters. The summed E-state index contributed by atoms with van der Waals surface area (Å²) in [5.41, 5.74) is 0.572. The zero-order valence-electron chi connectivity index (χ0n) is 13.3. The third-order valence-electron chi connectivity index (χ3n) is 3.30. The Bertz CT molecular complexity index is 854. The van der Waals surface area contributed by atoms with E-state index in [1.165, 1.54) is 18.4 Å². The smallest absolute Gasteiger partial charge is 0.241 e. The molecule has 1 aromatic heterocycles. The first-order valence-corrected chi connectivity index (χ1v) is 8.96. The van der Waals surface area contributed by atoms with E-state index in [4.69, 9.17) is 9.68 Å². The molecule has 0 saturated heterocycles. The second kappa shape index (κ2) is 7.19. The first-order chi connectivity index (χ1) is 11.3. The van der Waals surface area contributed by atoms with Gasteiger partial charge in [0.05, 0.1) is 35.9 Å². The Morgan fingerprint density at radius 1 is 1.38 bits per heavy atom. The van der Waals surface area contributed by atoms with Crippen molar-refractivity contribution in [3.63, 3.8) is 0 Å². The summed E-state index contributed by atoms with van der Waals surface area (Å²) in [4.78, 5) is 12.2. The number of carbonyl (C=O) groups excluding carboxylic acids is 1. The zero-order chi connectivity index (χ0) is 17.7. The summed E-state index contributed by atoms with van der Waals surface area (Å²) in [6, 6.07) is 11.1. The van der Waals surface area contributed by atoms with Crippen LogP contribution in [0.25, 0.3) is 0 Å². The maximum absolute atomic E-state index is 12.2. The van der Waals surface area contributed by atoms with E-state index in [0.717, 1.165) is 10.6 Å². The minimum absolute atomic E-state index is 0.261. The molecule has 0 aliphatic rings. The number of amides is 1. The summed E-state index contributed by atoms with van der Waals surface area (Å²) in [7, 11) is -3.69. The highest BCUT2D eigenvalue weighted by Gasteiger charge is 2.22. The van der Waals surface area contributed by atoms with Crippen molar-refractivity contribution in [2.75, 3.05) is 17.1 Å². The van der Waals surface area contributed by atoms with Crippen molar-refractivity contribution in [1.82, 2.24) is 5.32 Å². The summed E-state index contributed by atoms with van der Waals surface area (Å²) < 4.78 is 30.2. The molecule has 0 aliphatic carbocycles. The number of rotatable bonds is 6. The maximum Gasteiger partial charge on any atom is 0.241 e. The molecule has 126 valence electrons. The fourth-order valence-electron chi connectivity index (χ4n) is 2.16. The predicted octanol–water partition coefficient (Wildman–Crippen LogP) is 1.79. The van der Waals surface area contributed by atoms with Crippen LogP contribution in [-0.2, 0) is 14.8 Å². The number of anilines is 1. The van der Waals surface area contributed by atoms with E-state index in [0.29, 0.717) is 11.3 Å². The number of hydrogen-bond donors (Lipinski definition) is 1. The van der Waals surface area contributed by atoms with E-state index in [-0.39, 0.29) is 11.7 Å². The maximum atomic E-state index is 12.2. The molecule has 0 spiro atoms. The predicted molar refractivity (Wildman–Crippen MR) is 88.6 cm³/mol. The summed E-state index contributed by atoms with van der Waals surface area (Å²) >= 11 is 0. The molecule has 8 heteroatoms. The lowest BCUT2D eigenvalue weighted by Gasteiger charge is -2.23. The Hall–Kier alpha value is -2.79. The van der Waals surface area contributed by atoms with E-state index >= 15 is 0 Å². The Kier molecular flexibility index (Phi) is 5.26. The summed E-state index contributed by atoms with van der Waals surface area (Å²) in [6.07, 6.45) is 2.50. The first kappa shape index (κ1) is 17.6. The van der Waals surface area contributed by atoms with Crippen molar-refractivity contribution in [1.29, 1.82) is 5.26 Å². The standard InChI is InChI=1S/C16H17N3O4S/c1-12(15-7-4-8-23-15)18-16(20)11-19(24(2,21)22)14-6-3-5-13(9-14)10-17/h3-9,12H,11H2,1-2H3,(H,18,20). The van der Waals surface area contributed by atoms with Crippen molar-refractivity contribution < 1.29 is 17.6 Å². The van der Waals surface area contributed by atoms with Crippen LogP contribution >= 0.6 is 0 Å². The largest absolute Gasteiger partial charge is 0.467 e. The highest BCUT2D eigenvalue weighted by Crippen LogP contribution is 2.19. The quantitative estimate of drug-likeness (QED) is 0.858. The van der Waals surface area contributed by atoms with Gasteiger partial charge in [0.25, 0.3) is 0 Å². The highest BCUT2D eigenvalue weighted by molar-refractivity contribution is 7.92. The molecule has 0 radical (unpaired) electrons. The minimum atomic E-state index is -3.69. The normalized spacial score (nSPS) is 12.2. The molecule has 7 nitrogen and oxygen atoms in total. The van der Waals surface area contributed by atoms with Gasteiger partial charge in [-0.25, -0.2) is 8.42 Å². The molecule has 2 rings (SSSR count). The lowest BCUT2D eigenvalue weighted by Crippen LogP contribution is -2.41. The van der Waals surface area contributed by atoms with Gasteiger partial charge in [-0.2, -0.15) is 5.26 Å². The average Bonchev–Trinajstić information content (AvgIpc) is 3.06. The molecule has 0 saturated carbocycles. The van der Waals surface area contributed by atoms with E-state index in [1.807, 2.05) is 6.07 Å². The van der Waals surface area contributed by atoms with Crippen LogP contribution in [0.1, 0.15) is 24.3 Å². The number of carbonyl (C=O) groups is 1. The van der Waals surface area contributed by atoms with Gasteiger partial charge in [-0.3, -0.25) is 9.10 Å². The molecule has 0 aliphatic heterocycles. The van der Waals surface area contributed by atoms with Crippen LogP contribution in [0.4, 0.5) is 5.69 Å². The molecule has 24 heavy (non-hydrogen) atoms. The second-order valence-electron chi connectivity index (χ2n) is 5.24. The zero-order valence-corrected chi connectivity index (χ0v) is 14.1. The average molecular weight is 347 g/mol. The Morgan fingerprint density at radius 2 is 2.12 bits per heavy atom. The number of nitriles is 1. The number of furan rings is 1. The molecular weight excluding hydrogens is 330 g/mol. The fourth-order valence-corrected chi connectivity index (χ4v) is 3.01. The van der Waals surface area contributed by atoms with Crippen molar-refractivity contribution in [3.8, 4) is 6.07 Å². The Balaban J connectivity index is 2.17. The topological polar surface area (TPSA) is 103 Å². The molecule has 1 heterocycles. The Labute approximate surface area is 140 Å². The third kappa shape index (κ3) is 4.36. The van der Waals surface area contributed by atoms with E-state index in [2.05, 4.69) is 5.32 Å². The number of nitrogens with one attached hydrogen (secondary N) is 1. The van der Waals surface area contributed by atoms with Crippen LogP contribution in [0.3, 0.4) is 0 Å². The third-order valence-corrected chi connectivity index (χ3v) is 4.44. The van der Waals surface area contributed by atoms with Gasteiger partial charge in [0.2, 0.25) is 15.9 Å². The SMILES string of the molecule is CC(NC(=O)CN(c1cccc(C#N)c1)S(C)(=O)=O)c1ccco1. The molecule has 2 aromatic rings. The van der Waals surface area contributed by atoms with Gasteiger partial charge in [0, 0.05) is 0 Å². The van der Waals surface area contributed by atoms with Crippen molar-refractivity contribution in [2.45, 2.75) is 13.0 Å². The van der Waals surface area contributed by atoms with Crippen LogP contribution in [0.5, 0.6) is 0 Å². The number of benzene rings is 1. The monoisotopic (exact) mass is 347 g/mol. The van der Waals surface area contributed by atoms with Crippen LogP contribution in [0.15, 0.2) is 47.1 Å². The first-order valence-electron chi connectivity index (χ1n) is 7.12. The molecule has 1 aromatic carbocycles. The summed E-state index contributed by atoms with van der Waals surface area (Å²) in [6.45, 7) is 1.34. The lowest BCUT2D eigenvalue weighted by atomic mass is 10.2. The lowest BCUT2D eigenvalue weighted by molar-refractivity contribution is -0.120. The van der Waals surface area contributed by atoms with Crippen molar-refractivity contribution >= 4 is 21.6 Å². The van der Waals surface area contributed by atoms with Gasteiger partial charge in [0.1, 0.15) is 12.3 Å². The highest BCUT2D eigenvalue weighted by atomic mass is 32.2. The van der Waals surface area contributed by atoms with Crippen molar-refractivity contribution in [2.24, 2.45) is 0 Å². The van der Waals surface area contributed by atoms with E-state index in [9.17, 15) is 13.2 Å². The van der Waals surface area contributed by atoms with Gasteiger partial charge in [-0.1, -0.05) is 6.07 Å². The molecule has 1 N–H and O–H groups in total. The summed E-state index contributed by atoms with van der Waals surface area (Å²) in [5, 5.41) is 11.6. The summed E-state index contributed by atoms with van der Waals surface area (Å²) in [5.74, 6) is 0.0902. The Morgan fingerprint density at radius 3 is 2.71 bits per heavy atom. The molecule has 0 fully saturated rings. The van der Waals surface area contributed by atoms with Crippen LogP contribution in [0, 0.1) is 11.3 Å².